The van der Waals surface area contributed by atoms with E-state index in [2.05, 4.69) is 11.4 Å². The van der Waals surface area contributed by atoms with Gasteiger partial charge in [-0.1, -0.05) is 29.3 Å². The molecule has 0 aliphatic carbocycles. The summed E-state index contributed by atoms with van der Waals surface area (Å²) in [5, 5.41) is 13.2. The third-order valence-corrected chi connectivity index (χ3v) is 3.11. The van der Waals surface area contributed by atoms with Gasteiger partial charge in [0.1, 0.15) is 11.8 Å². The molecule has 0 spiro atoms. The molecule has 0 aromatic heterocycles. The predicted molar refractivity (Wildman–Crippen MR) is 77.5 cm³/mol. The van der Waals surface area contributed by atoms with Gasteiger partial charge in [-0.15, -0.1) is 0 Å². The summed E-state index contributed by atoms with van der Waals surface area (Å²) in [6.45, 7) is 0. The molecule has 2 rings (SSSR count). The van der Waals surface area contributed by atoms with Crippen LogP contribution in [-0.2, 0) is 0 Å². The average molecular weight is 293 g/mol. The molecule has 0 unspecified atom stereocenters. The van der Waals surface area contributed by atoms with Crippen molar-refractivity contribution in [3.63, 3.8) is 0 Å². The van der Waals surface area contributed by atoms with Gasteiger partial charge in [0.25, 0.3) is 0 Å². The largest absolute Gasteiger partial charge is 0.495 e. The number of ether oxygens (including phenoxy) is 1. The molecule has 3 nitrogen and oxygen atoms in total. The molecule has 0 heterocycles. The molecule has 1 N–H and O–H groups in total. The van der Waals surface area contributed by atoms with Crippen LogP contribution in [0.5, 0.6) is 5.75 Å². The molecule has 0 fully saturated rings. The second-order valence-electron chi connectivity index (χ2n) is 3.74. The summed E-state index contributed by atoms with van der Waals surface area (Å²) in [5.41, 5.74) is 1.66. The van der Waals surface area contributed by atoms with Crippen molar-refractivity contribution < 1.29 is 4.74 Å². The van der Waals surface area contributed by atoms with Crippen molar-refractivity contribution in [2.75, 3.05) is 12.4 Å². The normalized spacial score (nSPS) is 9.79. The fraction of sp³-hybridized carbons (Fsp3) is 0.0714. The van der Waals surface area contributed by atoms with Gasteiger partial charge < -0.3 is 10.1 Å². The zero-order valence-electron chi connectivity index (χ0n) is 10.1. The Morgan fingerprint density at radius 3 is 2.63 bits per heavy atom. The van der Waals surface area contributed by atoms with E-state index in [1.54, 1.807) is 43.5 Å². The molecule has 96 valence electrons. The highest BCUT2D eigenvalue weighted by atomic mass is 35.5. The standard InChI is InChI=1S/C14H10Cl2N2O/c1-19-14-6-5-9(15)7-13(14)18-12-4-2-3-11(16)10(12)8-17/h2-7,18H,1H3. The Labute approximate surface area is 121 Å². The van der Waals surface area contributed by atoms with E-state index in [-0.39, 0.29) is 0 Å². The molecule has 0 aliphatic rings. The molecule has 19 heavy (non-hydrogen) atoms. The van der Waals surface area contributed by atoms with Crippen molar-refractivity contribution in [2.45, 2.75) is 0 Å². The summed E-state index contributed by atoms with van der Waals surface area (Å²) in [6.07, 6.45) is 0. The first-order valence-electron chi connectivity index (χ1n) is 5.45. The van der Waals surface area contributed by atoms with Crippen LogP contribution in [0.15, 0.2) is 36.4 Å². The van der Waals surface area contributed by atoms with Crippen LogP contribution < -0.4 is 10.1 Å². The molecule has 0 amide bonds. The van der Waals surface area contributed by atoms with Gasteiger partial charge >= 0.3 is 0 Å². The van der Waals surface area contributed by atoms with Gasteiger partial charge in [-0.05, 0) is 30.3 Å². The minimum Gasteiger partial charge on any atom is -0.495 e. The lowest BCUT2D eigenvalue weighted by atomic mass is 10.2. The van der Waals surface area contributed by atoms with E-state index in [9.17, 15) is 0 Å². The summed E-state index contributed by atoms with van der Waals surface area (Å²) in [6, 6.07) is 12.5. The van der Waals surface area contributed by atoms with Crippen LogP contribution in [0.1, 0.15) is 5.56 Å². The minimum absolute atomic E-state index is 0.381. The SMILES string of the molecule is COc1ccc(Cl)cc1Nc1cccc(Cl)c1C#N. The number of anilines is 2. The van der Waals surface area contributed by atoms with E-state index in [1.165, 1.54) is 0 Å². The Hall–Kier alpha value is -1.89. The number of rotatable bonds is 3. The maximum absolute atomic E-state index is 9.13. The lowest BCUT2D eigenvalue weighted by molar-refractivity contribution is 0.417. The lowest BCUT2D eigenvalue weighted by Gasteiger charge is -2.13. The number of nitrogens with one attached hydrogen (secondary N) is 1. The summed E-state index contributed by atoms with van der Waals surface area (Å²) < 4.78 is 5.24. The van der Waals surface area contributed by atoms with Crippen molar-refractivity contribution in [3.05, 3.63) is 52.0 Å². The molecule has 0 saturated heterocycles. The highest BCUT2D eigenvalue weighted by Crippen LogP contribution is 2.33. The summed E-state index contributed by atoms with van der Waals surface area (Å²) in [4.78, 5) is 0. The number of hydrogen-bond acceptors (Lipinski definition) is 3. The molecular formula is C14H10Cl2N2O. The van der Waals surface area contributed by atoms with Crippen LogP contribution >= 0.6 is 23.2 Å². The Morgan fingerprint density at radius 1 is 1.16 bits per heavy atom. The van der Waals surface area contributed by atoms with Gasteiger partial charge in [-0.2, -0.15) is 5.26 Å². The van der Waals surface area contributed by atoms with Gasteiger partial charge in [-0.3, -0.25) is 0 Å². The smallest absolute Gasteiger partial charge is 0.142 e. The maximum Gasteiger partial charge on any atom is 0.142 e. The highest BCUT2D eigenvalue weighted by Gasteiger charge is 2.09. The second kappa shape index (κ2) is 5.83. The van der Waals surface area contributed by atoms with Gasteiger partial charge in [0.05, 0.1) is 29.1 Å². The van der Waals surface area contributed by atoms with Crippen molar-refractivity contribution in [3.8, 4) is 11.8 Å². The zero-order chi connectivity index (χ0) is 13.8. The van der Waals surface area contributed by atoms with Gasteiger partial charge in [0.2, 0.25) is 0 Å². The number of nitrogens with zero attached hydrogens (tertiary/aromatic N) is 1. The molecule has 2 aromatic carbocycles. The quantitative estimate of drug-likeness (QED) is 0.898. The number of methoxy groups -OCH3 is 1. The second-order valence-corrected chi connectivity index (χ2v) is 4.59. The van der Waals surface area contributed by atoms with E-state index in [4.69, 9.17) is 33.2 Å². The third kappa shape index (κ3) is 2.93. The first-order chi connectivity index (χ1) is 9.15. The monoisotopic (exact) mass is 292 g/mol. The van der Waals surface area contributed by atoms with Crippen LogP contribution in [0.2, 0.25) is 10.0 Å². The molecule has 5 heteroatoms. The number of benzene rings is 2. The van der Waals surface area contributed by atoms with Crippen LogP contribution in [-0.4, -0.2) is 7.11 Å². The first kappa shape index (κ1) is 13.5. The minimum atomic E-state index is 0.381. The summed E-state index contributed by atoms with van der Waals surface area (Å²) in [5.74, 6) is 0.633. The Kier molecular flexibility index (Phi) is 4.16. The van der Waals surface area contributed by atoms with Gasteiger partial charge in [-0.25, -0.2) is 0 Å². The molecule has 0 saturated carbocycles. The van der Waals surface area contributed by atoms with Gasteiger partial charge in [0.15, 0.2) is 0 Å². The summed E-state index contributed by atoms with van der Waals surface area (Å²) in [7, 11) is 1.57. The van der Waals surface area contributed by atoms with E-state index < -0.39 is 0 Å². The van der Waals surface area contributed by atoms with Crippen molar-refractivity contribution >= 4 is 34.6 Å². The third-order valence-electron chi connectivity index (χ3n) is 2.56. The number of halogens is 2. The van der Waals surface area contributed by atoms with Crippen molar-refractivity contribution in [1.82, 2.24) is 0 Å². The summed E-state index contributed by atoms with van der Waals surface area (Å²) >= 11 is 11.9. The van der Waals surface area contributed by atoms with Crippen LogP contribution in [0.4, 0.5) is 11.4 Å². The Morgan fingerprint density at radius 2 is 1.95 bits per heavy atom. The van der Waals surface area contributed by atoms with Crippen molar-refractivity contribution in [1.29, 1.82) is 5.26 Å². The van der Waals surface area contributed by atoms with E-state index >= 15 is 0 Å². The fourth-order valence-corrected chi connectivity index (χ4v) is 2.05. The highest BCUT2D eigenvalue weighted by molar-refractivity contribution is 6.32. The molecule has 0 aliphatic heterocycles. The van der Waals surface area contributed by atoms with Gasteiger partial charge in [0, 0.05) is 5.02 Å². The van der Waals surface area contributed by atoms with E-state index in [0.717, 1.165) is 0 Å². The molecule has 0 bridgehead atoms. The average Bonchev–Trinajstić information content (AvgIpc) is 2.39. The Balaban J connectivity index is 2.45. The van der Waals surface area contributed by atoms with Crippen molar-refractivity contribution in [2.24, 2.45) is 0 Å². The topological polar surface area (TPSA) is 45.0 Å². The molecule has 2 aromatic rings. The molecule has 0 atom stereocenters. The first-order valence-corrected chi connectivity index (χ1v) is 6.20. The predicted octanol–water partition coefficient (Wildman–Crippen LogP) is 4.62. The number of hydrogen-bond donors (Lipinski definition) is 1. The van der Waals surface area contributed by atoms with E-state index in [1.807, 2.05) is 0 Å². The van der Waals surface area contributed by atoms with Crippen LogP contribution in [0.3, 0.4) is 0 Å². The zero-order valence-corrected chi connectivity index (χ0v) is 11.6. The lowest BCUT2D eigenvalue weighted by Crippen LogP contribution is -1.97. The van der Waals surface area contributed by atoms with E-state index in [0.29, 0.717) is 32.7 Å². The number of nitriles is 1. The van der Waals surface area contributed by atoms with Crippen LogP contribution in [0.25, 0.3) is 0 Å². The maximum atomic E-state index is 9.13. The van der Waals surface area contributed by atoms with Crippen LogP contribution in [0, 0.1) is 11.3 Å². The fourth-order valence-electron chi connectivity index (χ4n) is 1.66. The Bertz CT molecular complexity index is 650. The molecular weight excluding hydrogens is 283 g/mol. The molecule has 0 radical (unpaired) electrons.